The molecule has 5 nitrogen and oxygen atoms in total. The molecule has 0 radical (unpaired) electrons. The third-order valence-electron chi connectivity index (χ3n) is 3.88. The van der Waals surface area contributed by atoms with Crippen LogP contribution in [-0.2, 0) is 6.42 Å². The smallest absolute Gasteiger partial charge is 0.335 e. The zero-order chi connectivity index (χ0) is 15.5. The highest BCUT2D eigenvalue weighted by Crippen LogP contribution is 2.28. The number of hydrogen-bond donors (Lipinski definition) is 2. The van der Waals surface area contributed by atoms with Gasteiger partial charge in [0.15, 0.2) is 0 Å². The standard InChI is InChI=1S/C16H22N2O3/c1-16(2)8-10-18(11-16)15(21)17-9-7-12-5-3-4-6-13(12)14(19)20/h3-6H,7-11H2,1-2H3,(H,17,21)(H,19,20). The number of carbonyl (C=O) groups is 2. The Morgan fingerprint density at radius 2 is 2.05 bits per heavy atom. The van der Waals surface area contributed by atoms with Crippen molar-refractivity contribution < 1.29 is 14.7 Å². The van der Waals surface area contributed by atoms with Gasteiger partial charge >= 0.3 is 12.0 Å². The van der Waals surface area contributed by atoms with E-state index in [4.69, 9.17) is 5.11 Å². The summed E-state index contributed by atoms with van der Waals surface area (Å²) in [4.78, 5) is 25.0. The topological polar surface area (TPSA) is 69.6 Å². The van der Waals surface area contributed by atoms with E-state index < -0.39 is 5.97 Å². The molecule has 114 valence electrons. The summed E-state index contributed by atoms with van der Waals surface area (Å²) in [6.45, 7) is 6.31. The summed E-state index contributed by atoms with van der Waals surface area (Å²) in [7, 11) is 0. The molecule has 0 aliphatic carbocycles. The summed E-state index contributed by atoms with van der Waals surface area (Å²) in [5, 5.41) is 12.0. The molecule has 5 heteroatoms. The number of urea groups is 1. The van der Waals surface area contributed by atoms with Crippen LogP contribution in [0.5, 0.6) is 0 Å². The molecule has 1 heterocycles. The Kier molecular flexibility index (Phi) is 4.50. The number of likely N-dealkylation sites (tertiary alicyclic amines) is 1. The van der Waals surface area contributed by atoms with Crippen LogP contribution in [0, 0.1) is 5.41 Å². The van der Waals surface area contributed by atoms with Gasteiger partial charge in [-0.05, 0) is 29.9 Å². The van der Waals surface area contributed by atoms with Crippen LogP contribution in [0.1, 0.15) is 36.2 Å². The minimum atomic E-state index is -0.932. The van der Waals surface area contributed by atoms with Crippen molar-refractivity contribution in [2.24, 2.45) is 5.41 Å². The lowest BCUT2D eigenvalue weighted by atomic mass is 9.93. The second kappa shape index (κ2) is 6.16. The largest absolute Gasteiger partial charge is 0.478 e. The van der Waals surface area contributed by atoms with E-state index in [-0.39, 0.29) is 11.4 Å². The predicted octanol–water partition coefficient (Wildman–Crippen LogP) is 2.37. The van der Waals surface area contributed by atoms with Gasteiger partial charge in [0.25, 0.3) is 0 Å². The van der Waals surface area contributed by atoms with Crippen molar-refractivity contribution >= 4 is 12.0 Å². The molecule has 1 fully saturated rings. The first-order valence-electron chi connectivity index (χ1n) is 7.23. The average molecular weight is 290 g/mol. The Hall–Kier alpha value is -2.04. The normalized spacial score (nSPS) is 16.8. The van der Waals surface area contributed by atoms with Crippen LogP contribution in [0.25, 0.3) is 0 Å². The summed E-state index contributed by atoms with van der Waals surface area (Å²) in [5.41, 5.74) is 1.23. The van der Waals surface area contributed by atoms with Crippen LogP contribution < -0.4 is 5.32 Å². The highest BCUT2D eigenvalue weighted by atomic mass is 16.4. The molecule has 0 aromatic heterocycles. The summed E-state index contributed by atoms with van der Waals surface area (Å²) < 4.78 is 0. The van der Waals surface area contributed by atoms with Crippen molar-refractivity contribution in [2.75, 3.05) is 19.6 Å². The van der Waals surface area contributed by atoms with Crippen molar-refractivity contribution in [2.45, 2.75) is 26.7 Å². The zero-order valence-corrected chi connectivity index (χ0v) is 12.6. The maximum atomic E-state index is 12.0. The van der Waals surface area contributed by atoms with E-state index in [1.54, 1.807) is 18.2 Å². The fourth-order valence-electron chi connectivity index (χ4n) is 2.65. The molecule has 2 N–H and O–H groups in total. The lowest BCUT2D eigenvalue weighted by Gasteiger charge is -2.20. The number of benzene rings is 1. The van der Waals surface area contributed by atoms with E-state index in [1.165, 1.54) is 0 Å². The molecule has 0 spiro atoms. The second-order valence-corrected chi connectivity index (χ2v) is 6.28. The van der Waals surface area contributed by atoms with Gasteiger partial charge in [-0.1, -0.05) is 32.0 Å². The van der Waals surface area contributed by atoms with Crippen molar-refractivity contribution in [3.8, 4) is 0 Å². The number of amides is 2. The molecule has 2 rings (SSSR count). The summed E-state index contributed by atoms with van der Waals surface area (Å²) in [6.07, 6.45) is 1.54. The lowest BCUT2D eigenvalue weighted by Crippen LogP contribution is -2.40. The van der Waals surface area contributed by atoms with Crippen LogP contribution in [0.15, 0.2) is 24.3 Å². The van der Waals surface area contributed by atoms with E-state index in [1.807, 2.05) is 11.0 Å². The first-order chi connectivity index (χ1) is 9.89. The zero-order valence-electron chi connectivity index (χ0n) is 12.6. The van der Waals surface area contributed by atoms with E-state index in [9.17, 15) is 9.59 Å². The van der Waals surface area contributed by atoms with Gasteiger partial charge in [0.1, 0.15) is 0 Å². The predicted molar refractivity (Wildman–Crippen MR) is 80.5 cm³/mol. The van der Waals surface area contributed by atoms with Gasteiger partial charge in [0.05, 0.1) is 5.56 Å². The SMILES string of the molecule is CC1(C)CCN(C(=O)NCCc2ccccc2C(=O)O)C1. The fourth-order valence-corrected chi connectivity index (χ4v) is 2.65. The third kappa shape index (κ3) is 3.97. The van der Waals surface area contributed by atoms with Crippen molar-refractivity contribution in [1.29, 1.82) is 0 Å². The maximum absolute atomic E-state index is 12.0. The molecular formula is C16H22N2O3. The third-order valence-corrected chi connectivity index (χ3v) is 3.88. The number of nitrogens with zero attached hydrogens (tertiary/aromatic N) is 1. The number of rotatable bonds is 4. The van der Waals surface area contributed by atoms with Gasteiger partial charge in [-0.25, -0.2) is 9.59 Å². The summed E-state index contributed by atoms with van der Waals surface area (Å²) in [5.74, 6) is -0.932. The molecule has 1 aromatic rings. The Labute approximate surface area is 125 Å². The maximum Gasteiger partial charge on any atom is 0.335 e. The van der Waals surface area contributed by atoms with E-state index in [2.05, 4.69) is 19.2 Å². The lowest BCUT2D eigenvalue weighted by molar-refractivity contribution is 0.0695. The molecule has 0 atom stereocenters. The Bertz CT molecular complexity index is 540. The van der Waals surface area contributed by atoms with E-state index in [0.29, 0.717) is 18.5 Å². The van der Waals surface area contributed by atoms with Crippen molar-refractivity contribution in [1.82, 2.24) is 10.2 Å². The molecule has 1 saturated heterocycles. The Balaban J connectivity index is 1.85. The second-order valence-electron chi connectivity index (χ2n) is 6.28. The monoisotopic (exact) mass is 290 g/mol. The molecule has 21 heavy (non-hydrogen) atoms. The first kappa shape index (κ1) is 15.4. The molecule has 1 aliphatic heterocycles. The first-order valence-corrected chi connectivity index (χ1v) is 7.23. The number of hydrogen-bond acceptors (Lipinski definition) is 2. The van der Waals surface area contributed by atoms with Crippen molar-refractivity contribution in [3.05, 3.63) is 35.4 Å². The van der Waals surface area contributed by atoms with Crippen LogP contribution in [0.3, 0.4) is 0 Å². The van der Waals surface area contributed by atoms with Gasteiger partial charge in [-0.15, -0.1) is 0 Å². The number of carboxylic acid groups (broad SMARTS) is 1. The highest BCUT2D eigenvalue weighted by Gasteiger charge is 2.31. The molecule has 1 aromatic carbocycles. The fraction of sp³-hybridized carbons (Fsp3) is 0.500. The Morgan fingerprint density at radius 3 is 2.67 bits per heavy atom. The quantitative estimate of drug-likeness (QED) is 0.894. The van der Waals surface area contributed by atoms with Gasteiger partial charge in [-0.2, -0.15) is 0 Å². The molecule has 0 bridgehead atoms. The minimum Gasteiger partial charge on any atom is -0.478 e. The molecule has 0 saturated carbocycles. The van der Waals surface area contributed by atoms with Crippen molar-refractivity contribution in [3.63, 3.8) is 0 Å². The minimum absolute atomic E-state index is 0.0617. The van der Waals surface area contributed by atoms with Crippen LogP contribution in [0.4, 0.5) is 4.79 Å². The summed E-state index contributed by atoms with van der Waals surface area (Å²) in [6, 6.07) is 6.83. The van der Waals surface area contributed by atoms with Gasteiger partial charge < -0.3 is 15.3 Å². The van der Waals surface area contributed by atoms with Crippen LogP contribution in [-0.4, -0.2) is 41.6 Å². The number of carboxylic acids is 1. The molecule has 0 unspecified atom stereocenters. The van der Waals surface area contributed by atoms with Gasteiger partial charge in [-0.3, -0.25) is 0 Å². The summed E-state index contributed by atoms with van der Waals surface area (Å²) >= 11 is 0. The number of nitrogens with one attached hydrogen (secondary N) is 1. The Morgan fingerprint density at radius 1 is 1.33 bits per heavy atom. The van der Waals surface area contributed by atoms with Crippen LogP contribution in [0.2, 0.25) is 0 Å². The highest BCUT2D eigenvalue weighted by molar-refractivity contribution is 5.89. The number of carbonyl (C=O) groups excluding carboxylic acids is 1. The van der Waals surface area contributed by atoms with Gasteiger partial charge in [0, 0.05) is 19.6 Å². The molecule has 1 aliphatic rings. The van der Waals surface area contributed by atoms with E-state index in [0.717, 1.165) is 25.1 Å². The molecule has 2 amide bonds. The van der Waals surface area contributed by atoms with E-state index >= 15 is 0 Å². The van der Waals surface area contributed by atoms with Crippen LogP contribution >= 0.6 is 0 Å². The van der Waals surface area contributed by atoms with Gasteiger partial charge in [0.2, 0.25) is 0 Å². The number of aromatic carboxylic acids is 1. The average Bonchev–Trinajstić information content (AvgIpc) is 2.79. The molecular weight excluding hydrogens is 268 g/mol.